The molecule has 0 spiro atoms. The Morgan fingerprint density at radius 1 is 1.41 bits per heavy atom. The smallest absolute Gasteiger partial charge is 0.130 e. The third-order valence-electron chi connectivity index (χ3n) is 3.38. The first-order valence-corrected chi connectivity index (χ1v) is 7.26. The lowest BCUT2D eigenvalue weighted by atomic mass is 10.1. The fourth-order valence-corrected chi connectivity index (χ4v) is 3.78. The van der Waals surface area contributed by atoms with Gasteiger partial charge in [-0.2, -0.15) is 0 Å². The molecular weight excluding hydrogens is 235 g/mol. The van der Waals surface area contributed by atoms with Crippen molar-refractivity contribution in [1.82, 2.24) is 0 Å². The third-order valence-corrected chi connectivity index (χ3v) is 4.69. The summed E-state index contributed by atoms with van der Waals surface area (Å²) >= 11 is 1.69. The number of aliphatic hydroxyl groups excluding tert-OH is 1. The van der Waals surface area contributed by atoms with E-state index in [1.54, 1.807) is 24.8 Å². The molecule has 0 saturated heterocycles. The van der Waals surface area contributed by atoms with Crippen LogP contribution in [0.25, 0.3) is 0 Å². The van der Waals surface area contributed by atoms with Gasteiger partial charge in [0.25, 0.3) is 0 Å². The van der Waals surface area contributed by atoms with E-state index < -0.39 is 6.10 Å². The molecule has 2 rings (SSSR count). The first kappa shape index (κ1) is 12.9. The van der Waals surface area contributed by atoms with Crippen molar-refractivity contribution in [3.8, 4) is 0 Å². The number of thioether (sulfide) groups is 1. The van der Waals surface area contributed by atoms with Gasteiger partial charge in [0.2, 0.25) is 0 Å². The van der Waals surface area contributed by atoms with Crippen molar-refractivity contribution >= 4 is 11.8 Å². The molecule has 3 heteroatoms. The van der Waals surface area contributed by atoms with Crippen LogP contribution in [0.4, 0.5) is 4.39 Å². The Hall–Kier alpha value is -0.540. The SMILES string of the molecule is C[C@H](O)c1c(F)cccc1SCC1CCCC1. The van der Waals surface area contributed by atoms with Crippen LogP contribution in [0.15, 0.2) is 23.1 Å². The predicted molar refractivity (Wildman–Crippen MR) is 69.7 cm³/mol. The standard InChI is InChI=1S/C14H19FOS/c1-10(16)14-12(15)7-4-8-13(14)17-9-11-5-2-3-6-11/h4,7-8,10-11,16H,2-3,5-6,9H2,1H3/t10-/m0/s1. The second-order valence-electron chi connectivity index (χ2n) is 4.79. The van der Waals surface area contributed by atoms with E-state index in [0.717, 1.165) is 16.6 Å². The normalized spacial score (nSPS) is 18.5. The van der Waals surface area contributed by atoms with Gasteiger partial charge in [0.15, 0.2) is 0 Å². The van der Waals surface area contributed by atoms with Gasteiger partial charge in [-0.1, -0.05) is 18.9 Å². The Kier molecular flexibility index (Phi) is 4.46. The number of halogens is 1. The molecule has 1 nitrogen and oxygen atoms in total. The van der Waals surface area contributed by atoms with Crippen LogP contribution in [-0.4, -0.2) is 10.9 Å². The van der Waals surface area contributed by atoms with Gasteiger partial charge in [0.1, 0.15) is 5.82 Å². The van der Waals surface area contributed by atoms with Crippen molar-refractivity contribution in [3.05, 3.63) is 29.6 Å². The average Bonchev–Trinajstić information content (AvgIpc) is 2.78. The van der Waals surface area contributed by atoms with Crippen molar-refractivity contribution in [2.24, 2.45) is 5.92 Å². The summed E-state index contributed by atoms with van der Waals surface area (Å²) < 4.78 is 13.6. The van der Waals surface area contributed by atoms with Gasteiger partial charge in [0.05, 0.1) is 6.10 Å². The monoisotopic (exact) mass is 254 g/mol. The van der Waals surface area contributed by atoms with E-state index in [9.17, 15) is 9.50 Å². The van der Waals surface area contributed by atoms with Crippen LogP contribution in [0.3, 0.4) is 0 Å². The fraction of sp³-hybridized carbons (Fsp3) is 0.571. The van der Waals surface area contributed by atoms with Crippen LogP contribution < -0.4 is 0 Å². The summed E-state index contributed by atoms with van der Waals surface area (Å²) in [6, 6.07) is 5.05. The number of hydrogen-bond donors (Lipinski definition) is 1. The summed E-state index contributed by atoms with van der Waals surface area (Å²) in [5.74, 6) is 1.52. The molecule has 1 N–H and O–H groups in total. The van der Waals surface area contributed by atoms with E-state index in [1.807, 2.05) is 6.07 Å². The quantitative estimate of drug-likeness (QED) is 0.814. The molecule has 0 radical (unpaired) electrons. The molecule has 1 aromatic rings. The average molecular weight is 254 g/mol. The summed E-state index contributed by atoms with van der Waals surface area (Å²) in [6.45, 7) is 1.62. The second kappa shape index (κ2) is 5.87. The Labute approximate surface area is 106 Å². The number of aliphatic hydroxyl groups is 1. The van der Waals surface area contributed by atoms with Crippen molar-refractivity contribution < 1.29 is 9.50 Å². The van der Waals surface area contributed by atoms with E-state index in [0.29, 0.717) is 5.56 Å². The summed E-state index contributed by atoms with van der Waals surface area (Å²) in [6.07, 6.45) is 4.52. The van der Waals surface area contributed by atoms with Crippen LogP contribution in [0.1, 0.15) is 44.3 Å². The highest BCUT2D eigenvalue weighted by Crippen LogP contribution is 2.34. The third kappa shape index (κ3) is 3.23. The lowest BCUT2D eigenvalue weighted by Gasteiger charge is -2.14. The Morgan fingerprint density at radius 2 is 2.12 bits per heavy atom. The van der Waals surface area contributed by atoms with Crippen LogP contribution in [0.2, 0.25) is 0 Å². The minimum atomic E-state index is -0.734. The summed E-state index contributed by atoms with van der Waals surface area (Å²) in [7, 11) is 0. The van der Waals surface area contributed by atoms with Crippen LogP contribution in [0.5, 0.6) is 0 Å². The molecule has 0 amide bonds. The molecule has 0 bridgehead atoms. The van der Waals surface area contributed by atoms with E-state index in [2.05, 4.69) is 0 Å². The molecule has 17 heavy (non-hydrogen) atoms. The van der Waals surface area contributed by atoms with Crippen molar-refractivity contribution in [1.29, 1.82) is 0 Å². The van der Waals surface area contributed by atoms with Crippen LogP contribution in [0, 0.1) is 11.7 Å². The van der Waals surface area contributed by atoms with Crippen LogP contribution >= 0.6 is 11.8 Å². The zero-order chi connectivity index (χ0) is 12.3. The van der Waals surface area contributed by atoms with E-state index in [1.165, 1.54) is 31.7 Å². The minimum absolute atomic E-state index is 0.295. The summed E-state index contributed by atoms with van der Waals surface area (Å²) in [5, 5.41) is 9.62. The molecule has 1 aromatic carbocycles. The van der Waals surface area contributed by atoms with Gasteiger partial charge in [0, 0.05) is 16.2 Å². The largest absolute Gasteiger partial charge is 0.389 e. The van der Waals surface area contributed by atoms with E-state index >= 15 is 0 Å². The lowest BCUT2D eigenvalue weighted by Crippen LogP contribution is -2.01. The highest BCUT2D eigenvalue weighted by atomic mass is 32.2. The summed E-state index contributed by atoms with van der Waals surface area (Å²) in [5.41, 5.74) is 0.454. The van der Waals surface area contributed by atoms with Crippen molar-refractivity contribution in [2.45, 2.75) is 43.6 Å². The minimum Gasteiger partial charge on any atom is -0.389 e. The molecule has 1 saturated carbocycles. The van der Waals surface area contributed by atoms with Gasteiger partial charge >= 0.3 is 0 Å². The van der Waals surface area contributed by atoms with Gasteiger partial charge in [-0.3, -0.25) is 0 Å². The zero-order valence-electron chi connectivity index (χ0n) is 10.2. The van der Waals surface area contributed by atoms with Gasteiger partial charge < -0.3 is 5.11 Å². The summed E-state index contributed by atoms with van der Waals surface area (Å²) in [4.78, 5) is 0.895. The maximum absolute atomic E-state index is 13.6. The first-order valence-electron chi connectivity index (χ1n) is 6.27. The highest BCUT2D eigenvalue weighted by Gasteiger charge is 2.18. The van der Waals surface area contributed by atoms with Crippen LogP contribution in [-0.2, 0) is 0 Å². The second-order valence-corrected chi connectivity index (χ2v) is 5.85. The van der Waals surface area contributed by atoms with Gasteiger partial charge in [-0.25, -0.2) is 4.39 Å². The number of hydrogen-bond acceptors (Lipinski definition) is 2. The Bertz CT molecular complexity index is 372. The molecular formula is C14H19FOS. The first-order chi connectivity index (χ1) is 8.18. The molecule has 1 atom stereocenters. The molecule has 94 valence electrons. The predicted octanol–water partition coefficient (Wildman–Crippen LogP) is 4.16. The highest BCUT2D eigenvalue weighted by molar-refractivity contribution is 7.99. The molecule has 0 unspecified atom stereocenters. The maximum atomic E-state index is 13.6. The van der Waals surface area contributed by atoms with Gasteiger partial charge in [-0.15, -0.1) is 11.8 Å². The van der Waals surface area contributed by atoms with E-state index in [-0.39, 0.29) is 5.82 Å². The zero-order valence-corrected chi connectivity index (χ0v) is 11.0. The lowest BCUT2D eigenvalue weighted by molar-refractivity contribution is 0.191. The van der Waals surface area contributed by atoms with Crippen molar-refractivity contribution in [2.75, 3.05) is 5.75 Å². The Balaban J connectivity index is 2.06. The van der Waals surface area contributed by atoms with Crippen molar-refractivity contribution in [3.63, 3.8) is 0 Å². The number of rotatable bonds is 4. The molecule has 1 fully saturated rings. The van der Waals surface area contributed by atoms with Gasteiger partial charge in [-0.05, 0) is 37.8 Å². The van der Waals surface area contributed by atoms with E-state index in [4.69, 9.17) is 0 Å². The molecule has 0 heterocycles. The molecule has 0 aromatic heterocycles. The maximum Gasteiger partial charge on any atom is 0.130 e. The molecule has 1 aliphatic carbocycles. The molecule has 0 aliphatic heterocycles. The topological polar surface area (TPSA) is 20.2 Å². The fourth-order valence-electron chi connectivity index (χ4n) is 2.43. The number of benzene rings is 1. The molecule has 1 aliphatic rings. The Morgan fingerprint density at radius 3 is 2.76 bits per heavy atom.